The van der Waals surface area contributed by atoms with Crippen molar-refractivity contribution in [1.29, 1.82) is 0 Å². The second-order valence-electron chi connectivity index (χ2n) is 10.0. The predicted molar refractivity (Wildman–Crippen MR) is 151 cm³/mol. The van der Waals surface area contributed by atoms with Crippen LogP contribution in [0.1, 0.15) is 46.5 Å². The standard InChI is InChI=1S/C26H34N6O13/c1-12(2)22(26(43)30-18(11-21(38)39)24(41)28-14-4-6-15(7-5-14)32(44)45)31-23(40)16(8-9-19(34)35)29-25(42)17(10-20(36)37)27-13(3)33/h4-7,12,16-18,22H,8-11H2,1-3H3,(H,27,33)(H,28,41)(H,29,42)(H,30,43)(H,31,40)(H,34,35)(H,36,37)(H,38,39)/t16-,17-,18-,22+/m1/s1. The molecule has 1 rings (SSSR count). The molecular weight excluding hydrogens is 604 g/mol. The third kappa shape index (κ3) is 13.5. The normalized spacial score (nSPS) is 13.2. The Hall–Kier alpha value is -5.62. The minimum atomic E-state index is -1.68. The molecule has 0 spiro atoms. The Morgan fingerprint density at radius 2 is 1.20 bits per heavy atom. The van der Waals surface area contributed by atoms with Gasteiger partial charge in [0.1, 0.15) is 24.2 Å². The molecule has 0 aliphatic carbocycles. The van der Waals surface area contributed by atoms with Crippen molar-refractivity contribution in [2.45, 2.75) is 70.6 Å². The van der Waals surface area contributed by atoms with E-state index < -0.39 is 108 Å². The van der Waals surface area contributed by atoms with Gasteiger partial charge in [0.15, 0.2) is 0 Å². The zero-order chi connectivity index (χ0) is 34.4. The van der Waals surface area contributed by atoms with Crippen LogP contribution >= 0.6 is 0 Å². The number of carbonyl (C=O) groups is 8. The molecule has 4 atom stereocenters. The highest BCUT2D eigenvalue weighted by molar-refractivity contribution is 6.01. The first kappa shape index (κ1) is 37.4. The maximum atomic E-state index is 13.2. The first-order chi connectivity index (χ1) is 20.9. The van der Waals surface area contributed by atoms with Crippen LogP contribution in [0.5, 0.6) is 0 Å². The number of hydrogen-bond acceptors (Lipinski definition) is 10. The van der Waals surface area contributed by atoms with Gasteiger partial charge in [-0.15, -0.1) is 0 Å². The van der Waals surface area contributed by atoms with Crippen molar-refractivity contribution in [2.24, 2.45) is 5.92 Å². The molecule has 0 radical (unpaired) electrons. The fraction of sp³-hybridized carbons (Fsp3) is 0.462. The number of carbonyl (C=O) groups excluding carboxylic acids is 5. The summed E-state index contributed by atoms with van der Waals surface area (Å²) in [4.78, 5) is 107. The number of aliphatic carboxylic acids is 3. The molecule has 0 aromatic heterocycles. The van der Waals surface area contributed by atoms with Crippen molar-refractivity contribution in [3.8, 4) is 0 Å². The third-order valence-corrected chi connectivity index (χ3v) is 5.96. The number of amides is 5. The zero-order valence-corrected chi connectivity index (χ0v) is 24.4. The minimum absolute atomic E-state index is 0.0569. The van der Waals surface area contributed by atoms with Crippen molar-refractivity contribution in [3.05, 3.63) is 34.4 Å². The molecule has 5 amide bonds. The third-order valence-electron chi connectivity index (χ3n) is 5.96. The molecule has 0 unspecified atom stereocenters. The van der Waals surface area contributed by atoms with Gasteiger partial charge in [0.2, 0.25) is 29.5 Å². The summed E-state index contributed by atoms with van der Waals surface area (Å²) < 4.78 is 0. The molecule has 19 nitrogen and oxygen atoms in total. The van der Waals surface area contributed by atoms with Gasteiger partial charge in [0.05, 0.1) is 17.8 Å². The van der Waals surface area contributed by atoms with E-state index in [-0.39, 0.29) is 11.4 Å². The molecule has 8 N–H and O–H groups in total. The average Bonchev–Trinajstić information content (AvgIpc) is 2.92. The predicted octanol–water partition coefficient (Wildman–Crippen LogP) is -1.04. The largest absolute Gasteiger partial charge is 0.481 e. The monoisotopic (exact) mass is 638 g/mol. The Balaban J connectivity index is 3.16. The van der Waals surface area contributed by atoms with Crippen LogP contribution in [0.25, 0.3) is 0 Å². The van der Waals surface area contributed by atoms with Crippen LogP contribution in [0.4, 0.5) is 11.4 Å². The highest BCUT2D eigenvalue weighted by Crippen LogP contribution is 2.16. The Morgan fingerprint density at radius 3 is 1.64 bits per heavy atom. The number of anilines is 1. The maximum absolute atomic E-state index is 13.2. The number of nitrogens with one attached hydrogen (secondary N) is 5. The summed E-state index contributed by atoms with van der Waals surface area (Å²) >= 11 is 0. The number of carboxylic acid groups (broad SMARTS) is 3. The van der Waals surface area contributed by atoms with Crippen LogP contribution in [-0.4, -0.2) is 91.9 Å². The lowest BCUT2D eigenvalue weighted by Gasteiger charge is -2.27. The van der Waals surface area contributed by atoms with E-state index in [4.69, 9.17) is 10.2 Å². The van der Waals surface area contributed by atoms with E-state index in [9.17, 15) is 53.6 Å². The number of benzene rings is 1. The first-order valence-corrected chi connectivity index (χ1v) is 13.3. The Labute approximate surface area is 255 Å². The molecule has 246 valence electrons. The highest BCUT2D eigenvalue weighted by Gasteiger charge is 2.34. The number of carboxylic acids is 3. The van der Waals surface area contributed by atoms with Crippen LogP contribution in [0.2, 0.25) is 0 Å². The Bertz CT molecular complexity index is 1300. The van der Waals surface area contributed by atoms with Crippen molar-refractivity contribution < 1.29 is 58.6 Å². The van der Waals surface area contributed by atoms with Crippen molar-refractivity contribution in [2.75, 3.05) is 5.32 Å². The van der Waals surface area contributed by atoms with Gasteiger partial charge in [-0.1, -0.05) is 13.8 Å². The van der Waals surface area contributed by atoms with Crippen LogP contribution in [-0.2, 0) is 38.4 Å². The smallest absolute Gasteiger partial charge is 0.305 e. The van der Waals surface area contributed by atoms with Gasteiger partial charge in [-0.25, -0.2) is 0 Å². The number of rotatable bonds is 18. The van der Waals surface area contributed by atoms with Crippen molar-refractivity contribution in [3.63, 3.8) is 0 Å². The van der Waals surface area contributed by atoms with Gasteiger partial charge < -0.3 is 41.9 Å². The summed E-state index contributed by atoms with van der Waals surface area (Å²) in [6.45, 7) is 3.99. The Morgan fingerprint density at radius 1 is 0.711 bits per heavy atom. The SMILES string of the molecule is CC(=O)N[C@H](CC(=O)O)C(=O)N[C@H](CCC(=O)O)C(=O)N[C@H](C(=O)N[C@H](CC(=O)O)C(=O)Nc1ccc([N+](=O)[O-])cc1)C(C)C. The lowest BCUT2D eigenvalue weighted by molar-refractivity contribution is -0.384. The number of nitro benzene ring substituents is 1. The van der Waals surface area contributed by atoms with Crippen LogP contribution in [0, 0.1) is 16.0 Å². The van der Waals surface area contributed by atoms with Gasteiger partial charge in [0.25, 0.3) is 5.69 Å². The summed E-state index contributed by atoms with van der Waals surface area (Å²) in [5.74, 6) is -9.94. The second-order valence-corrected chi connectivity index (χ2v) is 10.0. The minimum Gasteiger partial charge on any atom is -0.481 e. The van der Waals surface area contributed by atoms with Crippen LogP contribution in [0.15, 0.2) is 24.3 Å². The van der Waals surface area contributed by atoms with E-state index >= 15 is 0 Å². The highest BCUT2D eigenvalue weighted by atomic mass is 16.6. The molecule has 0 aliphatic rings. The van der Waals surface area contributed by atoms with E-state index in [1.54, 1.807) is 0 Å². The summed E-state index contributed by atoms with van der Waals surface area (Å²) in [6.07, 6.45) is -2.89. The van der Waals surface area contributed by atoms with Crippen molar-refractivity contribution >= 4 is 58.8 Å². The Kier molecular flexibility index (Phi) is 14.5. The van der Waals surface area contributed by atoms with Gasteiger partial charge in [0, 0.05) is 31.2 Å². The average molecular weight is 639 g/mol. The number of nitrogens with zero attached hydrogens (tertiary/aromatic N) is 1. The molecule has 0 heterocycles. The zero-order valence-electron chi connectivity index (χ0n) is 24.4. The molecule has 0 bridgehead atoms. The van der Waals surface area contributed by atoms with E-state index in [1.807, 2.05) is 0 Å². The molecular formula is C26H34N6O13. The van der Waals surface area contributed by atoms with E-state index in [2.05, 4.69) is 26.6 Å². The fourth-order valence-electron chi connectivity index (χ4n) is 3.77. The molecule has 0 saturated heterocycles. The molecule has 0 fully saturated rings. The van der Waals surface area contributed by atoms with Gasteiger partial charge in [-0.2, -0.15) is 0 Å². The van der Waals surface area contributed by atoms with Crippen LogP contribution in [0.3, 0.4) is 0 Å². The van der Waals surface area contributed by atoms with E-state index in [1.165, 1.54) is 26.0 Å². The molecule has 19 heteroatoms. The second kappa shape index (κ2) is 17.5. The molecule has 1 aromatic carbocycles. The van der Waals surface area contributed by atoms with Gasteiger partial charge >= 0.3 is 17.9 Å². The molecule has 0 aliphatic heterocycles. The summed E-state index contributed by atoms with van der Waals surface area (Å²) in [6, 6.07) is -1.82. The summed E-state index contributed by atoms with van der Waals surface area (Å²) in [5.41, 5.74) is -0.217. The molecule has 1 aromatic rings. The summed E-state index contributed by atoms with van der Waals surface area (Å²) in [7, 11) is 0. The molecule has 45 heavy (non-hydrogen) atoms. The maximum Gasteiger partial charge on any atom is 0.305 e. The number of non-ortho nitro benzene ring substituents is 1. The van der Waals surface area contributed by atoms with Crippen molar-refractivity contribution in [1.82, 2.24) is 21.3 Å². The number of hydrogen-bond donors (Lipinski definition) is 8. The molecule has 0 saturated carbocycles. The van der Waals surface area contributed by atoms with Gasteiger partial charge in [-0.05, 0) is 24.5 Å². The lowest BCUT2D eigenvalue weighted by Crippen LogP contribution is -2.59. The lowest BCUT2D eigenvalue weighted by atomic mass is 10.0. The van der Waals surface area contributed by atoms with E-state index in [0.29, 0.717) is 0 Å². The quantitative estimate of drug-likeness (QED) is 0.0705. The van der Waals surface area contributed by atoms with E-state index in [0.717, 1.165) is 19.1 Å². The fourth-order valence-corrected chi connectivity index (χ4v) is 3.77. The summed E-state index contributed by atoms with van der Waals surface area (Å²) in [5, 5.41) is 49.5. The van der Waals surface area contributed by atoms with Gasteiger partial charge in [-0.3, -0.25) is 48.5 Å². The van der Waals surface area contributed by atoms with Crippen LogP contribution < -0.4 is 26.6 Å². The topological polar surface area (TPSA) is 301 Å². The first-order valence-electron chi connectivity index (χ1n) is 13.3. The number of nitro groups is 1.